The third-order valence-corrected chi connectivity index (χ3v) is 4.24. The van der Waals surface area contributed by atoms with Crippen molar-refractivity contribution in [3.05, 3.63) is 34.1 Å². The molecule has 1 aromatic heterocycles. The lowest BCUT2D eigenvalue weighted by Gasteiger charge is -2.03. The summed E-state index contributed by atoms with van der Waals surface area (Å²) in [6.45, 7) is 2.05. The summed E-state index contributed by atoms with van der Waals surface area (Å²) in [6, 6.07) is 6.09. The molecule has 4 N–H and O–H groups in total. The van der Waals surface area contributed by atoms with E-state index in [2.05, 4.69) is 27.0 Å². The molecule has 0 bridgehead atoms. The molecule has 94 valence electrons. The van der Waals surface area contributed by atoms with E-state index in [1.54, 1.807) is 0 Å². The number of aromatic nitrogens is 2. The van der Waals surface area contributed by atoms with Gasteiger partial charge in [0.2, 0.25) is 0 Å². The number of benzene rings is 1. The van der Waals surface area contributed by atoms with Crippen LogP contribution in [0.25, 0.3) is 11.3 Å². The second-order valence-corrected chi connectivity index (χ2v) is 5.67. The van der Waals surface area contributed by atoms with Gasteiger partial charge in [-0.15, -0.1) is 0 Å². The zero-order valence-corrected chi connectivity index (χ0v) is 11.7. The smallest absolute Gasteiger partial charge is 0.150 e. The molecule has 1 aliphatic carbocycles. The Kier molecular flexibility index (Phi) is 2.59. The molecular weight excluding hydrogens is 292 g/mol. The summed E-state index contributed by atoms with van der Waals surface area (Å²) in [4.78, 5) is 4.61. The van der Waals surface area contributed by atoms with Crippen LogP contribution in [-0.2, 0) is 0 Å². The summed E-state index contributed by atoms with van der Waals surface area (Å²) in [5.74, 6) is 7.90. The zero-order chi connectivity index (χ0) is 12.9. The van der Waals surface area contributed by atoms with E-state index in [9.17, 15) is 0 Å². The van der Waals surface area contributed by atoms with Gasteiger partial charge >= 0.3 is 0 Å². The van der Waals surface area contributed by atoms with Crippen molar-refractivity contribution < 1.29 is 0 Å². The zero-order valence-electron chi connectivity index (χ0n) is 10.2. The Bertz CT molecular complexity index is 614. The van der Waals surface area contributed by atoms with Crippen LogP contribution in [0.1, 0.15) is 30.1 Å². The number of nitrogens with zero attached hydrogens (tertiary/aromatic N) is 2. The van der Waals surface area contributed by atoms with Crippen molar-refractivity contribution in [2.45, 2.75) is 25.7 Å². The summed E-state index contributed by atoms with van der Waals surface area (Å²) < 4.78 is 2.61. The molecule has 0 unspecified atom stereocenters. The van der Waals surface area contributed by atoms with E-state index in [0.29, 0.717) is 11.7 Å². The van der Waals surface area contributed by atoms with Crippen LogP contribution in [0.2, 0.25) is 0 Å². The molecule has 0 aliphatic heterocycles. The average molecular weight is 307 g/mol. The monoisotopic (exact) mass is 306 g/mol. The van der Waals surface area contributed by atoms with E-state index in [1.807, 2.05) is 19.1 Å². The van der Waals surface area contributed by atoms with Gasteiger partial charge in [0, 0.05) is 16.0 Å². The maximum absolute atomic E-state index is 6.05. The quantitative estimate of drug-likeness (QED) is 0.838. The highest BCUT2D eigenvalue weighted by atomic mass is 79.9. The van der Waals surface area contributed by atoms with E-state index in [0.717, 1.165) is 40.0 Å². The molecule has 1 aromatic carbocycles. The van der Waals surface area contributed by atoms with Gasteiger partial charge in [0.05, 0.1) is 0 Å². The average Bonchev–Trinajstić information content (AvgIpc) is 3.13. The van der Waals surface area contributed by atoms with Gasteiger partial charge in [-0.25, -0.2) is 9.66 Å². The minimum Gasteiger partial charge on any atom is -0.382 e. The van der Waals surface area contributed by atoms with Crippen LogP contribution in [0.4, 0.5) is 5.82 Å². The van der Waals surface area contributed by atoms with E-state index >= 15 is 0 Å². The van der Waals surface area contributed by atoms with Gasteiger partial charge in [0.1, 0.15) is 11.5 Å². The highest BCUT2D eigenvalue weighted by Crippen LogP contribution is 2.41. The molecule has 2 aromatic rings. The van der Waals surface area contributed by atoms with Crippen LogP contribution in [0.3, 0.4) is 0 Å². The Balaban J connectivity index is 2.10. The maximum atomic E-state index is 6.05. The Morgan fingerprint density at radius 3 is 2.72 bits per heavy atom. The SMILES string of the molecule is Cc1cc(-c2nc(C3CC3)n(N)c2N)ccc1Br. The minimum absolute atomic E-state index is 0.489. The van der Waals surface area contributed by atoms with Gasteiger partial charge in [0.25, 0.3) is 0 Å². The predicted molar refractivity (Wildman–Crippen MR) is 76.6 cm³/mol. The molecular formula is C13H15BrN4. The molecule has 1 heterocycles. The summed E-state index contributed by atoms with van der Waals surface area (Å²) >= 11 is 3.49. The van der Waals surface area contributed by atoms with Crippen LogP contribution >= 0.6 is 15.9 Å². The van der Waals surface area contributed by atoms with Crippen molar-refractivity contribution >= 4 is 21.7 Å². The molecule has 1 aliphatic rings. The van der Waals surface area contributed by atoms with Crippen LogP contribution in [0.5, 0.6) is 0 Å². The van der Waals surface area contributed by atoms with Gasteiger partial charge in [0.15, 0.2) is 5.82 Å². The number of hydrogen-bond donors (Lipinski definition) is 2. The number of anilines is 1. The van der Waals surface area contributed by atoms with Gasteiger partial charge in [-0.3, -0.25) is 0 Å². The molecule has 1 saturated carbocycles. The lowest BCUT2D eigenvalue weighted by Crippen LogP contribution is -2.14. The first-order valence-corrected chi connectivity index (χ1v) is 6.77. The number of halogens is 1. The molecule has 3 rings (SSSR count). The van der Waals surface area contributed by atoms with Crippen molar-refractivity contribution in [3.63, 3.8) is 0 Å². The molecule has 0 saturated heterocycles. The first-order chi connectivity index (χ1) is 8.58. The van der Waals surface area contributed by atoms with Gasteiger partial charge in [-0.2, -0.15) is 0 Å². The van der Waals surface area contributed by atoms with Gasteiger partial charge < -0.3 is 11.6 Å². The predicted octanol–water partition coefficient (Wildman–Crippen LogP) is 2.79. The Hall–Kier alpha value is -1.49. The van der Waals surface area contributed by atoms with Gasteiger partial charge in [-0.1, -0.05) is 22.0 Å². The fourth-order valence-corrected chi connectivity index (χ4v) is 2.34. The second-order valence-electron chi connectivity index (χ2n) is 4.81. The second kappa shape index (κ2) is 4.02. The van der Waals surface area contributed by atoms with E-state index in [1.165, 1.54) is 4.68 Å². The molecule has 18 heavy (non-hydrogen) atoms. The first kappa shape index (κ1) is 11.6. The summed E-state index contributed by atoms with van der Waals surface area (Å²) in [5, 5.41) is 0. The molecule has 0 spiro atoms. The first-order valence-electron chi connectivity index (χ1n) is 5.97. The minimum atomic E-state index is 0.489. The number of imidazole rings is 1. The lowest BCUT2D eigenvalue weighted by molar-refractivity contribution is 0.855. The Morgan fingerprint density at radius 2 is 2.11 bits per heavy atom. The number of aryl methyl sites for hydroxylation is 1. The van der Waals surface area contributed by atoms with E-state index in [4.69, 9.17) is 11.6 Å². The summed E-state index contributed by atoms with van der Waals surface area (Å²) in [7, 11) is 0. The third kappa shape index (κ3) is 1.79. The largest absolute Gasteiger partial charge is 0.382 e. The number of nitrogens with two attached hydrogens (primary N) is 2. The molecule has 0 radical (unpaired) electrons. The third-order valence-electron chi connectivity index (χ3n) is 3.35. The van der Waals surface area contributed by atoms with Crippen molar-refractivity contribution in [1.29, 1.82) is 0 Å². The summed E-state index contributed by atoms with van der Waals surface area (Å²) in [6.07, 6.45) is 2.32. The van der Waals surface area contributed by atoms with Crippen molar-refractivity contribution in [3.8, 4) is 11.3 Å². The van der Waals surface area contributed by atoms with Gasteiger partial charge in [-0.05, 0) is 37.5 Å². The van der Waals surface area contributed by atoms with E-state index < -0.39 is 0 Å². The van der Waals surface area contributed by atoms with Crippen molar-refractivity contribution in [2.24, 2.45) is 0 Å². The van der Waals surface area contributed by atoms with Crippen molar-refractivity contribution in [2.75, 3.05) is 11.6 Å². The Labute approximate surface area is 114 Å². The van der Waals surface area contributed by atoms with Crippen LogP contribution < -0.4 is 11.6 Å². The summed E-state index contributed by atoms with van der Waals surface area (Å²) in [5.41, 5.74) is 9.01. The van der Waals surface area contributed by atoms with Crippen LogP contribution in [0.15, 0.2) is 22.7 Å². The fourth-order valence-electron chi connectivity index (χ4n) is 2.10. The molecule has 5 heteroatoms. The van der Waals surface area contributed by atoms with E-state index in [-0.39, 0.29) is 0 Å². The van der Waals surface area contributed by atoms with Crippen molar-refractivity contribution in [1.82, 2.24) is 9.66 Å². The molecule has 4 nitrogen and oxygen atoms in total. The fraction of sp³-hybridized carbons (Fsp3) is 0.308. The molecule has 0 amide bonds. The van der Waals surface area contributed by atoms with Crippen LogP contribution in [0, 0.1) is 6.92 Å². The molecule has 1 fully saturated rings. The standard InChI is InChI=1S/C13H15BrN4/c1-7-6-9(4-5-10(7)14)11-12(15)18(16)13(17-11)8-2-3-8/h4-6,8H,2-3,15-16H2,1H3. The maximum Gasteiger partial charge on any atom is 0.150 e. The number of rotatable bonds is 2. The molecule has 0 atom stereocenters. The highest BCUT2D eigenvalue weighted by Gasteiger charge is 2.30. The topological polar surface area (TPSA) is 69.9 Å². The Morgan fingerprint density at radius 1 is 1.39 bits per heavy atom. The number of hydrogen-bond acceptors (Lipinski definition) is 3. The number of nitrogen functional groups attached to an aromatic ring is 2. The van der Waals surface area contributed by atoms with Crippen LogP contribution in [-0.4, -0.2) is 9.66 Å². The lowest BCUT2D eigenvalue weighted by atomic mass is 10.1. The normalized spacial score (nSPS) is 15.0. The highest BCUT2D eigenvalue weighted by molar-refractivity contribution is 9.10.